The fourth-order valence-corrected chi connectivity index (χ4v) is 4.82. The van der Waals surface area contributed by atoms with Gasteiger partial charge in [0.15, 0.2) is 0 Å². The quantitative estimate of drug-likeness (QED) is 0.424. The molecule has 36 heavy (non-hydrogen) atoms. The lowest BCUT2D eigenvalue weighted by atomic mass is 10.0. The lowest BCUT2D eigenvalue weighted by Gasteiger charge is -2.35. The van der Waals surface area contributed by atoms with Crippen molar-refractivity contribution >= 4 is 16.6 Å². The average Bonchev–Trinajstić information content (AvgIpc) is 3.31. The number of H-pyrrole nitrogens is 1. The van der Waals surface area contributed by atoms with Crippen molar-refractivity contribution in [3.8, 4) is 34.0 Å². The molecule has 0 atom stereocenters. The molecule has 186 valence electrons. The molecule has 1 fully saturated rings. The number of hydrogen-bond donors (Lipinski definition) is 2. The second-order valence-electron chi connectivity index (χ2n) is 9.22. The van der Waals surface area contributed by atoms with Crippen molar-refractivity contribution in [3.63, 3.8) is 0 Å². The highest BCUT2D eigenvalue weighted by Crippen LogP contribution is 2.38. The molecule has 1 saturated heterocycles. The van der Waals surface area contributed by atoms with Crippen LogP contribution in [0.25, 0.3) is 33.4 Å². The first kappa shape index (κ1) is 22.8. The summed E-state index contributed by atoms with van der Waals surface area (Å²) in [4.78, 5) is 9.23. The van der Waals surface area contributed by atoms with E-state index in [0.717, 1.165) is 59.8 Å². The van der Waals surface area contributed by atoms with Gasteiger partial charge in [-0.05, 0) is 37.4 Å². The number of nitrogens with one attached hydrogen (secondary N) is 2. The van der Waals surface area contributed by atoms with Gasteiger partial charge in [0.2, 0.25) is 0 Å². The summed E-state index contributed by atoms with van der Waals surface area (Å²) in [7, 11) is 2.15. The standard InChI is InChI=1S/C27H29FN6O2/c1-33-9-11-34(12-10-33)23-6-5-18-15-25(23)36-14-8-29-7-13-35-24-4-2-3-20(28)26(24)21-16-19-22(17-30-21)31-32-27(18)19/h2-6,15-17,29H,7-14H2,1H3,(H,31,32). The molecule has 4 aromatic rings. The SMILES string of the molecule is CN1CCN(c2ccc3cc2OCCNCCOc2cccc(F)c2-c2cc4c-3n[nH]c4cn2)CC1. The highest BCUT2D eigenvalue weighted by molar-refractivity contribution is 5.95. The minimum Gasteiger partial charge on any atom is -0.491 e. The van der Waals surface area contributed by atoms with E-state index in [1.807, 2.05) is 6.07 Å². The van der Waals surface area contributed by atoms with Gasteiger partial charge in [0.25, 0.3) is 0 Å². The summed E-state index contributed by atoms with van der Waals surface area (Å²) in [6.45, 7) is 6.13. The molecule has 4 bridgehead atoms. The van der Waals surface area contributed by atoms with Gasteiger partial charge in [-0.2, -0.15) is 5.10 Å². The van der Waals surface area contributed by atoms with E-state index in [4.69, 9.17) is 9.47 Å². The van der Waals surface area contributed by atoms with Gasteiger partial charge in [-0.25, -0.2) is 4.39 Å². The molecule has 0 amide bonds. The summed E-state index contributed by atoms with van der Waals surface area (Å²) in [5.74, 6) is 0.936. The molecule has 0 spiro atoms. The monoisotopic (exact) mass is 488 g/mol. The minimum absolute atomic E-state index is 0.355. The molecule has 0 aliphatic carbocycles. The molecule has 2 N–H and O–H groups in total. The van der Waals surface area contributed by atoms with Gasteiger partial charge in [0, 0.05) is 50.2 Å². The minimum atomic E-state index is -0.370. The Morgan fingerprint density at radius 2 is 1.75 bits per heavy atom. The Kier molecular flexibility index (Phi) is 6.16. The molecule has 4 heterocycles. The van der Waals surface area contributed by atoms with Gasteiger partial charge in [-0.15, -0.1) is 0 Å². The summed E-state index contributed by atoms with van der Waals surface area (Å²) in [5, 5.41) is 11.9. The number of nitrogens with zero attached hydrogens (tertiary/aromatic N) is 4. The number of aromatic nitrogens is 3. The molecule has 2 aliphatic heterocycles. The number of aromatic amines is 1. The van der Waals surface area contributed by atoms with E-state index >= 15 is 0 Å². The summed E-state index contributed by atoms with van der Waals surface area (Å²) in [6.07, 6.45) is 1.69. The summed E-state index contributed by atoms with van der Waals surface area (Å²) < 4.78 is 27.2. The van der Waals surface area contributed by atoms with E-state index in [9.17, 15) is 4.39 Å². The first-order valence-electron chi connectivity index (χ1n) is 12.3. The number of pyridine rings is 1. The van der Waals surface area contributed by atoms with Gasteiger partial charge < -0.3 is 24.6 Å². The van der Waals surface area contributed by atoms with Crippen molar-refractivity contribution in [1.29, 1.82) is 0 Å². The molecule has 0 unspecified atom stereocenters. The predicted octanol–water partition coefficient (Wildman–Crippen LogP) is 3.54. The third-order valence-corrected chi connectivity index (χ3v) is 6.83. The van der Waals surface area contributed by atoms with Crippen LogP contribution in [0, 0.1) is 5.82 Å². The van der Waals surface area contributed by atoms with Gasteiger partial charge in [-0.3, -0.25) is 10.1 Å². The molecule has 2 aromatic heterocycles. The molecule has 0 radical (unpaired) electrons. The van der Waals surface area contributed by atoms with Gasteiger partial charge in [0.1, 0.15) is 36.2 Å². The smallest absolute Gasteiger partial charge is 0.143 e. The number of anilines is 1. The Labute approximate surface area is 209 Å². The van der Waals surface area contributed by atoms with E-state index < -0.39 is 0 Å². The number of rotatable bonds is 1. The van der Waals surface area contributed by atoms with Gasteiger partial charge >= 0.3 is 0 Å². The third-order valence-electron chi connectivity index (χ3n) is 6.83. The maximum absolute atomic E-state index is 15.0. The number of likely N-dealkylation sites (N-methyl/N-ethyl adjacent to an activating group) is 1. The van der Waals surface area contributed by atoms with Crippen LogP contribution in [0.5, 0.6) is 11.5 Å². The second kappa shape index (κ2) is 9.75. The van der Waals surface area contributed by atoms with Crippen molar-refractivity contribution in [2.75, 3.05) is 64.4 Å². The molecule has 9 heteroatoms. The number of halogens is 1. The Morgan fingerprint density at radius 3 is 2.58 bits per heavy atom. The molecule has 0 saturated carbocycles. The van der Waals surface area contributed by atoms with E-state index in [1.54, 1.807) is 18.3 Å². The zero-order valence-electron chi connectivity index (χ0n) is 20.3. The zero-order valence-corrected chi connectivity index (χ0v) is 20.3. The zero-order chi connectivity index (χ0) is 24.5. The van der Waals surface area contributed by atoms with Crippen LogP contribution in [0.15, 0.2) is 48.7 Å². The van der Waals surface area contributed by atoms with Crippen LogP contribution in [0.1, 0.15) is 0 Å². The maximum atomic E-state index is 15.0. The Bertz CT molecular complexity index is 1380. The molecule has 6 rings (SSSR count). The first-order valence-corrected chi connectivity index (χ1v) is 12.3. The van der Waals surface area contributed by atoms with Crippen LogP contribution in [0.2, 0.25) is 0 Å². The fraction of sp³-hybridized carbons (Fsp3) is 0.333. The topological polar surface area (TPSA) is 78.5 Å². The number of fused-ring (bicyclic) bond motifs is 6. The van der Waals surface area contributed by atoms with E-state index in [2.05, 4.69) is 55.5 Å². The number of piperazine rings is 1. The predicted molar refractivity (Wildman–Crippen MR) is 138 cm³/mol. The van der Waals surface area contributed by atoms with Crippen LogP contribution >= 0.6 is 0 Å². The molecule has 2 aliphatic rings. The van der Waals surface area contributed by atoms with Crippen molar-refractivity contribution in [2.45, 2.75) is 0 Å². The highest BCUT2D eigenvalue weighted by atomic mass is 19.1. The number of hydrogen-bond acceptors (Lipinski definition) is 7. The molecule has 8 nitrogen and oxygen atoms in total. The summed E-state index contributed by atoms with van der Waals surface area (Å²) in [5.41, 5.74) is 4.43. The average molecular weight is 489 g/mol. The van der Waals surface area contributed by atoms with Crippen LogP contribution in [0.4, 0.5) is 10.1 Å². The number of benzene rings is 2. The Morgan fingerprint density at radius 1 is 0.944 bits per heavy atom. The first-order chi connectivity index (χ1) is 17.7. The Balaban J connectivity index is 1.46. The third kappa shape index (κ3) is 4.36. The lowest BCUT2D eigenvalue weighted by molar-refractivity contribution is 0.286. The molecule has 2 aromatic carbocycles. The largest absolute Gasteiger partial charge is 0.491 e. The second-order valence-corrected chi connectivity index (χ2v) is 9.22. The van der Waals surface area contributed by atoms with E-state index in [0.29, 0.717) is 43.3 Å². The van der Waals surface area contributed by atoms with Crippen molar-refractivity contribution in [1.82, 2.24) is 25.4 Å². The normalized spacial score (nSPS) is 17.0. The van der Waals surface area contributed by atoms with Crippen LogP contribution in [-0.2, 0) is 0 Å². The van der Waals surface area contributed by atoms with Crippen LogP contribution in [0.3, 0.4) is 0 Å². The number of ether oxygens (including phenoxy) is 2. The van der Waals surface area contributed by atoms with Crippen LogP contribution < -0.4 is 19.7 Å². The van der Waals surface area contributed by atoms with E-state index in [-0.39, 0.29) is 5.82 Å². The van der Waals surface area contributed by atoms with Gasteiger partial charge in [-0.1, -0.05) is 12.1 Å². The maximum Gasteiger partial charge on any atom is 0.143 e. The summed E-state index contributed by atoms with van der Waals surface area (Å²) in [6, 6.07) is 13.0. The fourth-order valence-electron chi connectivity index (χ4n) is 4.82. The summed E-state index contributed by atoms with van der Waals surface area (Å²) >= 11 is 0. The van der Waals surface area contributed by atoms with Crippen molar-refractivity contribution in [2.24, 2.45) is 0 Å². The molecular weight excluding hydrogens is 459 g/mol. The highest BCUT2D eigenvalue weighted by Gasteiger charge is 2.21. The van der Waals surface area contributed by atoms with E-state index in [1.165, 1.54) is 6.07 Å². The van der Waals surface area contributed by atoms with Crippen molar-refractivity contribution in [3.05, 3.63) is 54.5 Å². The van der Waals surface area contributed by atoms with Gasteiger partial charge in [0.05, 0.1) is 28.7 Å². The Hall–Kier alpha value is -3.69. The molecular formula is C27H29FN6O2. The lowest BCUT2D eigenvalue weighted by Crippen LogP contribution is -2.44. The van der Waals surface area contributed by atoms with Crippen molar-refractivity contribution < 1.29 is 13.9 Å². The van der Waals surface area contributed by atoms with Crippen LogP contribution in [-0.4, -0.2) is 79.6 Å².